The van der Waals surface area contributed by atoms with Gasteiger partial charge >= 0.3 is 0 Å². The van der Waals surface area contributed by atoms with E-state index in [1.165, 1.54) is 42.6 Å². The molecular weight excluding hydrogens is 326 g/mol. The first-order valence-corrected chi connectivity index (χ1v) is 10.2. The smallest absolute Gasteiger partial charge is 0.113 e. The Balaban J connectivity index is 1.52. The highest BCUT2D eigenvalue weighted by atomic mass is 32.2. The van der Waals surface area contributed by atoms with E-state index in [0.717, 1.165) is 22.9 Å². The zero-order valence-electron chi connectivity index (χ0n) is 14.8. The molecule has 0 N–H and O–H groups in total. The van der Waals surface area contributed by atoms with Crippen LogP contribution in [-0.2, 0) is 0 Å². The Kier molecular flexibility index (Phi) is 5.07. The first kappa shape index (κ1) is 16.6. The summed E-state index contributed by atoms with van der Waals surface area (Å²) >= 11 is 2.12. The molecule has 0 bridgehead atoms. The van der Waals surface area contributed by atoms with Gasteiger partial charge in [-0.1, -0.05) is 67.0 Å². The molecule has 4 heteroatoms. The molecule has 0 saturated heterocycles. The van der Waals surface area contributed by atoms with Crippen molar-refractivity contribution < 1.29 is 0 Å². The van der Waals surface area contributed by atoms with Gasteiger partial charge in [-0.25, -0.2) is 4.68 Å². The fourth-order valence-corrected chi connectivity index (χ4v) is 5.26. The largest absolute Gasteiger partial charge is 0.245 e. The normalized spacial score (nSPS) is 19.6. The van der Waals surface area contributed by atoms with Gasteiger partial charge in [0.25, 0.3) is 0 Å². The second-order valence-corrected chi connectivity index (χ2v) is 8.38. The standard InChI is InChI=1S/C21H25N3S/c1-16(24-15-20(22-23-24)17-9-4-2-5-10-17)19-13-8-14-21(19)25-18-11-6-3-7-12-18/h2,4-5,8-10,13,15-16,18H,3,6-7,11-12,14H2,1H3/t16-/m0/s1. The van der Waals surface area contributed by atoms with E-state index < -0.39 is 0 Å². The third-order valence-corrected chi connectivity index (χ3v) is 6.70. The summed E-state index contributed by atoms with van der Waals surface area (Å²) in [6.07, 6.45) is 14.7. The predicted octanol–water partition coefficient (Wildman–Crippen LogP) is 5.79. The Morgan fingerprint density at radius 1 is 1.12 bits per heavy atom. The molecule has 1 atom stereocenters. The second-order valence-electron chi connectivity index (χ2n) is 6.99. The molecule has 0 spiro atoms. The molecule has 0 amide bonds. The molecule has 0 aliphatic heterocycles. The molecule has 4 rings (SSSR count). The van der Waals surface area contributed by atoms with Gasteiger partial charge in [0, 0.05) is 10.8 Å². The lowest BCUT2D eigenvalue weighted by Crippen LogP contribution is -2.11. The van der Waals surface area contributed by atoms with E-state index in [4.69, 9.17) is 0 Å². The topological polar surface area (TPSA) is 30.7 Å². The summed E-state index contributed by atoms with van der Waals surface area (Å²) in [5.74, 6) is 0. The Morgan fingerprint density at radius 2 is 1.92 bits per heavy atom. The van der Waals surface area contributed by atoms with Crippen LogP contribution in [0, 0.1) is 0 Å². The van der Waals surface area contributed by atoms with Gasteiger partial charge in [-0.05, 0) is 36.7 Å². The maximum Gasteiger partial charge on any atom is 0.113 e. The SMILES string of the molecule is C[C@@H](C1=C(SC2CCCCC2)CC=C1)n1cc(-c2ccccc2)nn1. The summed E-state index contributed by atoms with van der Waals surface area (Å²) in [6.45, 7) is 2.23. The van der Waals surface area contributed by atoms with Crippen molar-refractivity contribution in [2.75, 3.05) is 0 Å². The van der Waals surface area contributed by atoms with Gasteiger partial charge in [-0.2, -0.15) is 0 Å². The van der Waals surface area contributed by atoms with Crippen molar-refractivity contribution >= 4 is 11.8 Å². The number of nitrogens with zero attached hydrogens (tertiary/aromatic N) is 3. The number of benzene rings is 1. The third kappa shape index (κ3) is 3.74. The minimum Gasteiger partial charge on any atom is -0.245 e. The molecule has 1 heterocycles. The van der Waals surface area contributed by atoms with Crippen molar-refractivity contribution in [1.29, 1.82) is 0 Å². The number of aromatic nitrogens is 3. The first-order valence-electron chi connectivity index (χ1n) is 9.35. The molecule has 0 radical (unpaired) electrons. The number of thioether (sulfide) groups is 1. The molecule has 1 aromatic heterocycles. The van der Waals surface area contributed by atoms with E-state index >= 15 is 0 Å². The van der Waals surface area contributed by atoms with Crippen LogP contribution in [0.4, 0.5) is 0 Å². The molecule has 1 aromatic carbocycles. The molecule has 2 aliphatic carbocycles. The molecule has 2 aliphatic rings. The van der Waals surface area contributed by atoms with Crippen LogP contribution >= 0.6 is 11.8 Å². The van der Waals surface area contributed by atoms with Crippen LogP contribution in [0.5, 0.6) is 0 Å². The van der Waals surface area contributed by atoms with E-state index in [2.05, 4.69) is 59.5 Å². The van der Waals surface area contributed by atoms with Crippen LogP contribution in [-0.4, -0.2) is 20.2 Å². The number of hydrogen-bond donors (Lipinski definition) is 0. The van der Waals surface area contributed by atoms with Crippen LogP contribution in [0.15, 0.2) is 59.2 Å². The van der Waals surface area contributed by atoms with Gasteiger partial charge in [0.05, 0.1) is 12.2 Å². The second kappa shape index (κ2) is 7.61. The van der Waals surface area contributed by atoms with Gasteiger partial charge in [-0.15, -0.1) is 16.9 Å². The highest BCUT2D eigenvalue weighted by molar-refractivity contribution is 8.03. The lowest BCUT2D eigenvalue weighted by Gasteiger charge is -2.23. The summed E-state index contributed by atoms with van der Waals surface area (Å²) in [5.41, 5.74) is 3.48. The van der Waals surface area contributed by atoms with Crippen molar-refractivity contribution in [2.45, 2.75) is 56.7 Å². The molecule has 3 nitrogen and oxygen atoms in total. The molecule has 0 unspecified atom stereocenters. The quantitative estimate of drug-likeness (QED) is 0.683. The highest BCUT2D eigenvalue weighted by Crippen LogP contribution is 2.41. The number of hydrogen-bond acceptors (Lipinski definition) is 3. The lowest BCUT2D eigenvalue weighted by atomic mass is 10.0. The van der Waals surface area contributed by atoms with Gasteiger partial charge < -0.3 is 0 Å². The van der Waals surface area contributed by atoms with Crippen LogP contribution in [0.2, 0.25) is 0 Å². The maximum absolute atomic E-state index is 4.41. The molecule has 1 saturated carbocycles. The van der Waals surface area contributed by atoms with E-state index in [9.17, 15) is 0 Å². The summed E-state index contributed by atoms with van der Waals surface area (Å²) in [5, 5.41) is 9.59. The van der Waals surface area contributed by atoms with Crippen molar-refractivity contribution in [3.63, 3.8) is 0 Å². The minimum atomic E-state index is 0.231. The van der Waals surface area contributed by atoms with Crippen LogP contribution < -0.4 is 0 Å². The zero-order valence-corrected chi connectivity index (χ0v) is 15.6. The van der Waals surface area contributed by atoms with E-state index in [1.54, 1.807) is 0 Å². The monoisotopic (exact) mass is 351 g/mol. The molecule has 25 heavy (non-hydrogen) atoms. The van der Waals surface area contributed by atoms with E-state index in [0.29, 0.717) is 0 Å². The summed E-state index contributed by atoms with van der Waals surface area (Å²) in [7, 11) is 0. The van der Waals surface area contributed by atoms with Gasteiger partial charge in [0.1, 0.15) is 5.69 Å². The Hall–Kier alpha value is -1.81. The van der Waals surface area contributed by atoms with Crippen molar-refractivity contribution in [2.24, 2.45) is 0 Å². The van der Waals surface area contributed by atoms with Gasteiger partial charge in [-0.3, -0.25) is 0 Å². The van der Waals surface area contributed by atoms with E-state index in [1.807, 2.05) is 22.9 Å². The molecular formula is C21H25N3S. The molecule has 130 valence electrons. The van der Waals surface area contributed by atoms with E-state index in [-0.39, 0.29) is 6.04 Å². The summed E-state index contributed by atoms with van der Waals surface area (Å²) in [4.78, 5) is 1.54. The fraction of sp³-hybridized carbons (Fsp3) is 0.429. The molecule has 1 fully saturated rings. The number of rotatable bonds is 5. The average molecular weight is 352 g/mol. The summed E-state index contributed by atoms with van der Waals surface area (Å²) in [6, 6.07) is 10.5. The van der Waals surface area contributed by atoms with Crippen molar-refractivity contribution in [1.82, 2.24) is 15.0 Å². The van der Waals surface area contributed by atoms with Gasteiger partial charge in [0.2, 0.25) is 0 Å². The Bertz CT molecular complexity index is 769. The average Bonchev–Trinajstić information content (AvgIpc) is 3.32. The fourth-order valence-electron chi connectivity index (χ4n) is 3.73. The minimum absolute atomic E-state index is 0.231. The van der Waals surface area contributed by atoms with Crippen molar-refractivity contribution in [3.05, 3.63) is 59.2 Å². The Labute approximate surface area is 154 Å². The summed E-state index contributed by atoms with van der Waals surface area (Å²) < 4.78 is 2.01. The zero-order chi connectivity index (χ0) is 17.1. The lowest BCUT2D eigenvalue weighted by molar-refractivity contribution is 0.516. The number of allylic oxidation sites excluding steroid dienone is 4. The highest BCUT2D eigenvalue weighted by Gasteiger charge is 2.22. The van der Waals surface area contributed by atoms with Crippen molar-refractivity contribution in [3.8, 4) is 11.3 Å². The first-order chi connectivity index (χ1) is 12.3. The third-order valence-electron chi connectivity index (χ3n) is 5.21. The van der Waals surface area contributed by atoms with Gasteiger partial charge in [0.15, 0.2) is 0 Å². The molecule has 2 aromatic rings. The maximum atomic E-state index is 4.41. The van der Waals surface area contributed by atoms with Crippen LogP contribution in [0.25, 0.3) is 11.3 Å². The van der Waals surface area contributed by atoms with Crippen LogP contribution in [0.3, 0.4) is 0 Å². The predicted molar refractivity (Wildman–Crippen MR) is 105 cm³/mol. The van der Waals surface area contributed by atoms with Crippen LogP contribution in [0.1, 0.15) is 51.5 Å². The Morgan fingerprint density at radius 3 is 2.72 bits per heavy atom.